The SMILES string of the molecule is BN(Cc1ccccc1)Cc1nc(-c2cccc(C)n2)c(-c2ccc3ncccc3c2)[nH]1. The van der Waals surface area contributed by atoms with E-state index in [-0.39, 0.29) is 0 Å². The number of aromatic nitrogens is 4. The van der Waals surface area contributed by atoms with Crippen molar-refractivity contribution >= 4 is 18.9 Å². The Kier molecular flexibility index (Phi) is 5.52. The van der Waals surface area contributed by atoms with Gasteiger partial charge < -0.3 is 9.79 Å². The zero-order chi connectivity index (χ0) is 21.9. The van der Waals surface area contributed by atoms with Crippen molar-refractivity contribution in [3.05, 3.63) is 102 Å². The maximum Gasteiger partial charge on any atom is 0.186 e. The molecule has 0 saturated carbocycles. The first-order valence-corrected chi connectivity index (χ1v) is 10.8. The summed E-state index contributed by atoms with van der Waals surface area (Å²) < 4.78 is 0. The molecule has 0 fully saturated rings. The van der Waals surface area contributed by atoms with Crippen molar-refractivity contribution in [2.24, 2.45) is 0 Å². The van der Waals surface area contributed by atoms with Crippen LogP contribution in [0.3, 0.4) is 0 Å². The first-order chi connectivity index (χ1) is 15.7. The topological polar surface area (TPSA) is 57.7 Å². The van der Waals surface area contributed by atoms with E-state index >= 15 is 0 Å². The van der Waals surface area contributed by atoms with E-state index in [0.29, 0.717) is 6.54 Å². The van der Waals surface area contributed by atoms with Gasteiger partial charge in [0.1, 0.15) is 11.5 Å². The van der Waals surface area contributed by atoms with Gasteiger partial charge in [-0.3, -0.25) is 9.97 Å². The van der Waals surface area contributed by atoms with E-state index in [0.717, 1.165) is 51.6 Å². The number of pyridine rings is 2. The predicted molar refractivity (Wildman–Crippen MR) is 132 cm³/mol. The first kappa shape index (κ1) is 20.2. The molecule has 0 atom stereocenters. The van der Waals surface area contributed by atoms with E-state index in [1.165, 1.54) is 5.56 Å². The first-order valence-electron chi connectivity index (χ1n) is 10.8. The summed E-state index contributed by atoms with van der Waals surface area (Å²) in [6.45, 7) is 3.57. The van der Waals surface area contributed by atoms with E-state index < -0.39 is 0 Å². The molecule has 0 spiro atoms. The van der Waals surface area contributed by atoms with Gasteiger partial charge >= 0.3 is 0 Å². The Bertz CT molecular complexity index is 1360. The average molecular weight is 417 g/mol. The molecule has 0 unspecified atom stereocenters. The second-order valence-corrected chi connectivity index (χ2v) is 8.14. The number of hydrogen-bond donors (Lipinski definition) is 1. The van der Waals surface area contributed by atoms with Gasteiger partial charge in [-0.15, -0.1) is 0 Å². The Labute approximate surface area is 188 Å². The van der Waals surface area contributed by atoms with Gasteiger partial charge in [0.2, 0.25) is 0 Å². The summed E-state index contributed by atoms with van der Waals surface area (Å²) in [5.41, 5.74) is 7.05. The summed E-state index contributed by atoms with van der Waals surface area (Å²) in [6.07, 6.45) is 1.82. The Morgan fingerprint density at radius 2 is 1.75 bits per heavy atom. The van der Waals surface area contributed by atoms with E-state index in [2.05, 4.69) is 71.3 Å². The highest BCUT2D eigenvalue weighted by molar-refractivity contribution is 6.04. The molecule has 1 N–H and O–H groups in total. The van der Waals surface area contributed by atoms with Crippen molar-refractivity contribution in [2.45, 2.75) is 20.0 Å². The van der Waals surface area contributed by atoms with Gasteiger partial charge in [0.15, 0.2) is 7.98 Å². The minimum absolute atomic E-state index is 0.711. The van der Waals surface area contributed by atoms with Crippen LogP contribution in [0.25, 0.3) is 33.5 Å². The highest BCUT2D eigenvalue weighted by atomic mass is 15.1. The van der Waals surface area contributed by atoms with Crippen LogP contribution in [0, 0.1) is 6.92 Å². The molecule has 0 aliphatic rings. The molecule has 2 aromatic carbocycles. The summed E-state index contributed by atoms with van der Waals surface area (Å²) in [5, 5.41) is 1.10. The van der Waals surface area contributed by atoms with Gasteiger partial charge in [0, 0.05) is 35.9 Å². The van der Waals surface area contributed by atoms with Gasteiger partial charge in [-0.2, -0.15) is 0 Å². The fourth-order valence-corrected chi connectivity index (χ4v) is 4.00. The van der Waals surface area contributed by atoms with E-state index in [4.69, 9.17) is 9.97 Å². The van der Waals surface area contributed by atoms with Crippen LogP contribution >= 0.6 is 0 Å². The predicted octanol–water partition coefficient (Wildman–Crippen LogP) is 4.55. The van der Waals surface area contributed by atoms with Crippen LogP contribution in [0.2, 0.25) is 0 Å². The lowest BCUT2D eigenvalue weighted by Gasteiger charge is -2.15. The molecule has 0 saturated heterocycles. The number of H-pyrrole nitrogens is 1. The molecule has 0 aliphatic heterocycles. The lowest BCUT2D eigenvalue weighted by Crippen LogP contribution is -2.19. The third-order valence-corrected chi connectivity index (χ3v) is 5.49. The molecule has 5 aromatic rings. The molecule has 3 heterocycles. The maximum atomic E-state index is 4.98. The van der Waals surface area contributed by atoms with Crippen molar-refractivity contribution in [3.8, 4) is 22.6 Å². The summed E-state index contributed by atoms with van der Waals surface area (Å²) in [6, 6.07) is 26.9. The molecule has 0 amide bonds. The number of aromatic amines is 1. The van der Waals surface area contributed by atoms with E-state index in [1.807, 2.05) is 43.5 Å². The maximum absolute atomic E-state index is 4.98. The molecule has 32 heavy (non-hydrogen) atoms. The van der Waals surface area contributed by atoms with Gasteiger partial charge in [0.25, 0.3) is 0 Å². The minimum Gasteiger partial charge on any atom is -0.340 e. The van der Waals surface area contributed by atoms with E-state index in [9.17, 15) is 0 Å². The number of fused-ring (bicyclic) bond motifs is 1. The number of hydrogen-bond acceptors (Lipinski definition) is 4. The summed E-state index contributed by atoms with van der Waals surface area (Å²) in [7, 11) is 2.11. The number of nitrogens with one attached hydrogen (secondary N) is 1. The third-order valence-electron chi connectivity index (χ3n) is 5.49. The lowest BCUT2D eigenvalue weighted by atomic mass is 10.1. The minimum atomic E-state index is 0.711. The third kappa shape index (κ3) is 4.31. The molecule has 156 valence electrons. The Hall–Kier alpha value is -3.77. The molecule has 5 rings (SSSR count). The zero-order valence-electron chi connectivity index (χ0n) is 18.3. The van der Waals surface area contributed by atoms with Crippen LogP contribution in [0.5, 0.6) is 0 Å². The molecule has 3 aromatic heterocycles. The second kappa shape index (κ2) is 8.77. The van der Waals surface area contributed by atoms with Crippen LogP contribution in [0.4, 0.5) is 0 Å². The second-order valence-electron chi connectivity index (χ2n) is 8.14. The normalized spacial score (nSPS) is 11.3. The zero-order valence-corrected chi connectivity index (χ0v) is 18.3. The van der Waals surface area contributed by atoms with Crippen molar-refractivity contribution in [2.75, 3.05) is 0 Å². The Morgan fingerprint density at radius 1 is 0.875 bits per heavy atom. The molecular weight excluding hydrogens is 393 g/mol. The van der Waals surface area contributed by atoms with Gasteiger partial charge in [0.05, 0.1) is 16.9 Å². The highest BCUT2D eigenvalue weighted by Gasteiger charge is 2.17. The fourth-order valence-electron chi connectivity index (χ4n) is 4.00. The highest BCUT2D eigenvalue weighted by Crippen LogP contribution is 2.31. The Morgan fingerprint density at radius 3 is 2.59 bits per heavy atom. The van der Waals surface area contributed by atoms with Crippen molar-refractivity contribution in [3.63, 3.8) is 0 Å². The molecule has 0 radical (unpaired) electrons. The number of nitrogens with zero attached hydrogens (tertiary/aromatic N) is 4. The number of rotatable bonds is 6. The number of benzene rings is 2. The van der Waals surface area contributed by atoms with Gasteiger partial charge in [-0.25, -0.2) is 4.98 Å². The van der Waals surface area contributed by atoms with Crippen molar-refractivity contribution in [1.29, 1.82) is 0 Å². The van der Waals surface area contributed by atoms with Crippen LogP contribution in [0.15, 0.2) is 85.1 Å². The summed E-state index contributed by atoms with van der Waals surface area (Å²) in [5.74, 6) is 0.919. The fraction of sp³-hybridized carbons (Fsp3) is 0.115. The molecular formula is C26H24BN5. The monoisotopic (exact) mass is 417 g/mol. The van der Waals surface area contributed by atoms with Crippen LogP contribution in [0.1, 0.15) is 17.1 Å². The molecule has 0 aliphatic carbocycles. The smallest absolute Gasteiger partial charge is 0.186 e. The van der Waals surface area contributed by atoms with Crippen LogP contribution in [-0.2, 0) is 13.1 Å². The number of aryl methyl sites for hydroxylation is 1. The standard InChI is InChI=1S/C26H24BN5/c1-18-7-5-11-23(29-18)26-25(21-12-13-22-20(15-21)10-6-14-28-22)30-24(31-26)17-32(27)16-19-8-3-2-4-9-19/h2-15H,16-17,27H2,1H3,(H,30,31). The largest absolute Gasteiger partial charge is 0.340 e. The summed E-state index contributed by atoms with van der Waals surface area (Å²) >= 11 is 0. The average Bonchev–Trinajstić information content (AvgIpc) is 3.23. The van der Waals surface area contributed by atoms with Gasteiger partial charge in [-0.1, -0.05) is 48.5 Å². The molecule has 0 bridgehead atoms. The van der Waals surface area contributed by atoms with Crippen molar-refractivity contribution < 1.29 is 0 Å². The van der Waals surface area contributed by atoms with Gasteiger partial charge in [-0.05, 0) is 42.8 Å². The van der Waals surface area contributed by atoms with Crippen LogP contribution in [-0.4, -0.2) is 32.7 Å². The van der Waals surface area contributed by atoms with Crippen LogP contribution < -0.4 is 0 Å². The summed E-state index contributed by atoms with van der Waals surface area (Å²) in [4.78, 5) is 20.0. The lowest BCUT2D eigenvalue weighted by molar-refractivity contribution is 0.432. The molecule has 5 nitrogen and oxygen atoms in total. The quantitative estimate of drug-likeness (QED) is 0.412. The van der Waals surface area contributed by atoms with E-state index in [1.54, 1.807) is 0 Å². The molecule has 6 heteroatoms. The van der Waals surface area contributed by atoms with Crippen molar-refractivity contribution in [1.82, 2.24) is 24.7 Å². The Balaban J connectivity index is 1.53. The number of imidazole rings is 1.